The summed E-state index contributed by atoms with van der Waals surface area (Å²) in [6, 6.07) is 20.8. The van der Waals surface area contributed by atoms with E-state index in [1.807, 2.05) is 68.4 Å². The number of aryl methyl sites for hydroxylation is 2. The summed E-state index contributed by atoms with van der Waals surface area (Å²) in [6.45, 7) is 5.32. The van der Waals surface area contributed by atoms with Crippen molar-refractivity contribution in [1.29, 1.82) is 0 Å². The maximum atomic E-state index is 12.9. The molecule has 0 unspecified atom stereocenters. The molecule has 0 bridgehead atoms. The lowest BCUT2D eigenvalue weighted by molar-refractivity contribution is -0.123. The minimum Gasteiger partial charge on any atom is -0.449 e. The summed E-state index contributed by atoms with van der Waals surface area (Å²) in [5.41, 5.74) is 2.90. The average Bonchev–Trinajstić information content (AvgIpc) is 3.14. The molecule has 6 nitrogen and oxygen atoms in total. The Kier molecular flexibility index (Phi) is 6.79. The fourth-order valence-corrected chi connectivity index (χ4v) is 4.60. The summed E-state index contributed by atoms with van der Waals surface area (Å²) in [5.74, 6) is 0.445. The van der Waals surface area contributed by atoms with E-state index in [-0.39, 0.29) is 5.91 Å². The van der Waals surface area contributed by atoms with E-state index in [0.717, 1.165) is 32.7 Å². The number of carbonyl (C=O) groups excluding carboxylic acids is 2. The van der Waals surface area contributed by atoms with Gasteiger partial charge in [-0.05, 0) is 55.8 Å². The first-order chi connectivity index (χ1) is 15.9. The van der Waals surface area contributed by atoms with E-state index in [1.54, 1.807) is 19.1 Å². The van der Waals surface area contributed by atoms with Crippen LogP contribution in [0.25, 0.3) is 10.8 Å². The van der Waals surface area contributed by atoms with Gasteiger partial charge < -0.3 is 14.6 Å². The SMILES string of the molecule is Cc1noc(C)c1CSc1ccccc1C(=O)O[C@H](C)C(=O)Nc1ccc2ccccc2c1. The Bertz CT molecular complexity index is 1300. The number of hydrogen-bond donors (Lipinski definition) is 1. The number of nitrogens with one attached hydrogen (secondary N) is 1. The zero-order chi connectivity index (χ0) is 23.4. The number of ether oxygens (including phenoxy) is 1. The van der Waals surface area contributed by atoms with Crippen molar-refractivity contribution in [2.24, 2.45) is 0 Å². The molecule has 0 spiro atoms. The molecule has 1 amide bonds. The molecule has 0 fully saturated rings. The van der Waals surface area contributed by atoms with E-state index < -0.39 is 12.1 Å². The second kappa shape index (κ2) is 9.92. The molecule has 7 heteroatoms. The van der Waals surface area contributed by atoms with Crippen LogP contribution in [0, 0.1) is 13.8 Å². The highest BCUT2D eigenvalue weighted by atomic mass is 32.2. The molecule has 33 heavy (non-hydrogen) atoms. The number of benzene rings is 3. The van der Waals surface area contributed by atoms with E-state index in [1.165, 1.54) is 11.8 Å². The van der Waals surface area contributed by atoms with Crippen LogP contribution in [0.5, 0.6) is 0 Å². The molecule has 4 aromatic rings. The smallest absolute Gasteiger partial charge is 0.340 e. The van der Waals surface area contributed by atoms with Gasteiger partial charge in [0.25, 0.3) is 5.91 Å². The molecule has 0 aliphatic carbocycles. The Morgan fingerprint density at radius 1 is 1.03 bits per heavy atom. The molecule has 1 atom stereocenters. The predicted octanol–water partition coefficient (Wildman–Crippen LogP) is 5.92. The molecule has 1 heterocycles. The minimum atomic E-state index is -0.954. The third-order valence-electron chi connectivity index (χ3n) is 5.33. The van der Waals surface area contributed by atoms with Crippen molar-refractivity contribution >= 4 is 40.1 Å². The topological polar surface area (TPSA) is 81.4 Å². The Balaban J connectivity index is 1.41. The van der Waals surface area contributed by atoms with Crippen LogP contribution in [-0.4, -0.2) is 23.1 Å². The molecule has 0 saturated carbocycles. The van der Waals surface area contributed by atoms with Crippen LogP contribution in [0.3, 0.4) is 0 Å². The van der Waals surface area contributed by atoms with Gasteiger partial charge in [0.15, 0.2) is 6.10 Å². The third-order valence-corrected chi connectivity index (χ3v) is 6.43. The van der Waals surface area contributed by atoms with Crippen molar-refractivity contribution in [3.8, 4) is 0 Å². The number of carbonyl (C=O) groups is 2. The number of nitrogens with zero attached hydrogens (tertiary/aromatic N) is 1. The first-order valence-corrected chi connectivity index (χ1v) is 11.5. The molecular formula is C26H24N2O4S. The normalized spacial score (nSPS) is 11.8. The van der Waals surface area contributed by atoms with Crippen molar-refractivity contribution in [2.45, 2.75) is 37.5 Å². The molecule has 168 valence electrons. The summed E-state index contributed by atoms with van der Waals surface area (Å²) in [4.78, 5) is 26.3. The zero-order valence-corrected chi connectivity index (χ0v) is 19.4. The number of hydrogen-bond acceptors (Lipinski definition) is 6. The first kappa shape index (κ1) is 22.6. The van der Waals surface area contributed by atoms with Gasteiger partial charge in [0.1, 0.15) is 5.76 Å². The summed E-state index contributed by atoms with van der Waals surface area (Å²) < 4.78 is 10.7. The quantitative estimate of drug-likeness (QED) is 0.272. The minimum absolute atomic E-state index is 0.389. The molecule has 1 aromatic heterocycles. The van der Waals surface area contributed by atoms with Gasteiger partial charge in [0.05, 0.1) is 11.3 Å². The summed E-state index contributed by atoms with van der Waals surface area (Å²) in [7, 11) is 0. The van der Waals surface area contributed by atoms with Crippen molar-refractivity contribution in [3.63, 3.8) is 0 Å². The fraction of sp³-hybridized carbons (Fsp3) is 0.192. The number of thioether (sulfide) groups is 1. The molecule has 3 aromatic carbocycles. The molecular weight excluding hydrogens is 436 g/mol. The van der Waals surface area contributed by atoms with E-state index in [4.69, 9.17) is 9.26 Å². The van der Waals surface area contributed by atoms with Gasteiger partial charge in [-0.3, -0.25) is 4.79 Å². The van der Waals surface area contributed by atoms with Crippen molar-refractivity contribution in [2.75, 3.05) is 5.32 Å². The Morgan fingerprint density at radius 2 is 1.76 bits per heavy atom. The van der Waals surface area contributed by atoms with Gasteiger partial charge in [-0.15, -0.1) is 11.8 Å². The van der Waals surface area contributed by atoms with E-state index in [2.05, 4.69) is 10.5 Å². The van der Waals surface area contributed by atoms with Gasteiger partial charge in [-0.25, -0.2) is 4.79 Å². The lowest BCUT2D eigenvalue weighted by Gasteiger charge is -2.15. The number of esters is 1. The zero-order valence-electron chi connectivity index (χ0n) is 18.6. The van der Waals surface area contributed by atoms with Crippen molar-refractivity contribution < 1.29 is 18.8 Å². The average molecular weight is 461 g/mol. The van der Waals surface area contributed by atoms with Crippen molar-refractivity contribution in [1.82, 2.24) is 5.16 Å². The molecule has 1 N–H and O–H groups in total. The highest BCUT2D eigenvalue weighted by Crippen LogP contribution is 2.29. The standard InChI is InChI=1S/C26H24N2O4S/c1-16-23(17(2)32-28-16)15-33-24-11-7-6-10-22(24)26(30)31-18(3)25(29)27-21-13-12-19-8-4-5-9-20(19)14-21/h4-14,18H,15H2,1-3H3,(H,27,29)/t18-/m1/s1. The van der Waals surface area contributed by atoms with Crippen LogP contribution in [0.1, 0.15) is 34.3 Å². The maximum absolute atomic E-state index is 12.9. The van der Waals surface area contributed by atoms with Crippen LogP contribution in [0.4, 0.5) is 5.69 Å². The molecule has 0 aliphatic heterocycles. The Hall–Kier alpha value is -3.58. The number of anilines is 1. The van der Waals surface area contributed by atoms with Crippen LogP contribution in [-0.2, 0) is 15.3 Å². The summed E-state index contributed by atoms with van der Waals surface area (Å²) in [6.07, 6.45) is -0.954. The summed E-state index contributed by atoms with van der Waals surface area (Å²) >= 11 is 1.50. The van der Waals surface area contributed by atoms with Gasteiger partial charge in [-0.1, -0.05) is 47.6 Å². The fourth-order valence-electron chi connectivity index (χ4n) is 3.41. The van der Waals surface area contributed by atoms with Crippen LogP contribution in [0.15, 0.2) is 76.1 Å². The van der Waals surface area contributed by atoms with Gasteiger partial charge in [0, 0.05) is 21.9 Å². The van der Waals surface area contributed by atoms with E-state index in [9.17, 15) is 9.59 Å². The van der Waals surface area contributed by atoms with Gasteiger partial charge in [-0.2, -0.15) is 0 Å². The number of rotatable bonds is 7. The summed E-state index contributed by atoms with van der Waals surface area (Å²) in [5, 5.41) is 8.90. The number of aromatic nitrogens is 1. The maximum Gasteiger partial charge on any atom is 0.340 e. The first-order valence-electron chi connectivity index (χ1n) is 10.6. The highest BCUT2D eigenvalue weighted by molar-refractivity contribution is 7.98. The molecule has 0 saturated heterocycles. The largest absolute Gasteiger partial charge is 0.449 e. The highest BCUT2D eigenvalue weighted by Gasteiger charge is 2.21. The monoisotopic (exact) mass is 460 g/mol. The second-order valence-electron chi connectivity index (χ2n) is 7.69. The van der Waals surface area contributed by atoms with Crippen molar-refractivity contribution in [3.05, 3.63) is 89.3 Å². The Morgan fingerprint density at radius 3 is 2.52 bits per heavy atom. The number of fused-ring (bicyclic) bond motifs is 1. The Labute approximate surface area is 196 Å². The second-order valence-corrected chi connectivity index (χ2v) is 8.70. The lowest BCUT2D eigenvalue weighted by atomic mass is 10.1. The number of amides is 1. The van der Waals surface area contributed by atoms with E-state index in [0.29, 0.717) is 17.0 Å². The molecule has 0 aliphatic rings. The predicted molar refractivity (Wildman–Crippen MR) is 129 cm³/mol. The molecule has 0 radical (unpaired) electrons. The third kappa shape index (κ3) is 5.26. The lowest BCUT2D eigenvalue weighted by Crippen LogP contribution is -2.30. The van der Waals surface area contributed by atoms with Gasteiger partial charge in [0.2, 0.25) is 0 Å². The van der Waals surface area contributed by atoms with Crippen LogP contribution in [0.2, 0.25) is 0 Å². The molecule has 4 rings (SSSR count). The van der Waals surface area contributed by atoms with Gasteiger partial charge >= 0.3 is 5.97 Å². The van der Waals surface area contributed by atoms with Crippen LogP contribution >= 0.6 is 11.8 Å². The van der Waals surface area contributed by atoms with Crippen LogP contribution < -0.4 is 5.32 Å². The van der Waals surface area contributed by atoms with E-state index >= 15 is 0 Å².